The molecule has 1 aromatic heterocycles. The molecule has 1 aliphatic heterocycles. The molecule has 4 rings (SSSR count). The van der Waals surface area contributed by atoms with Crippen LogP contribution in [0.3, 0.4) is 0 Å². The lowest BCUT2D eigenvalue weighted by molar-refractivity contribution is -0.121. The highest BCUT2D eigenvalue weighted by atomic mass is 35.5. The molecule has 0 saturated carbocycles. The second-order valence-electron chi connectivity index (χ2n) is 7.34. The summed E-state index contributed by atoms with van der Waals surface area (Å²) in [4.78, 5) is 42.8. The zero-order valence-electron chi connectivity index (χ0n) is 17.8. The molecule has 3 amide bonds. The molecule has 166 valence electrons. The molecule has 0 spiro atoms. The maximum absolute atomic E-state index is 12.9. The van der Waals surface area contributed by atoms with Gasteiger partial charge in [0.05, 0.1) is 22.5 Å². The van der Waals surface area contributed by atoms with Crippen molar-refractivity contribution >= 4 is 56.6 Å². The van der Waals surface area contributed by atoms with Gasteiger partial charge in [0.15, 0.2) is 4.80 Å². The van der Waals surface area contributed by atoms with Crippen molar-refractivity contribution in [2.24, 2.45) is 4.99 Å². The van der Waals surface area contributed by atoms with Crippen molar-refractivity contribution in [3.8, 4) is 0 Å². The van der Waals surface area contributed by atoms with Gasteiger partial charge in [-0.2, -0.15) is 4.99 Å². The summed E-state index contributed by atoms with van der Waals surface area (Å²) in [7, 11) is 0. The fourth-order valence-corrected chi connectivity index (χ4v) is 4.94. The lowest BCUT2D eigenvalue weighted by atomic mass is 10.2. The van der Waals surface area contributed by atoms with Crippen molar-refractivity contribution in [3.05, 3.63) is 57.3 Å². The third kappa shape index (κ3) is 4.26. The number of thiazole rings is 1. The first kappa shape index (κ1) is 22.4. The van der Waals surface area contributed by atoms with Gasteiger partial charge in [0.1, 0.15) is 0 Å². The zero-order chi connectivity index (χ0) is 22.8. The molecule has 9 heteroatoms. The van der Waals surface area contributed by atoms with Crippen LogP contribution in [0.5, 0.6) is 0 Å². The van der Waals surface area contributed by atoms with E-state index in [-0.39, 0.29) is 24.7 Å². The van der Waals surface area contributed by atoms with Crippen LogP contribution in [0.4, 0.5) is 5.69 Å². The fraction of sp³-hybridized carbons (Fsp3) is 0.304. The maximum atomic E-state index is 12.9. The number of nitrogens with zero attached hydrogens (tertiary/aromatic N) is 3. The molecule has 1 aliphatic rings. The SMILES string of the molecule is CCOCCn1c(=NC(=O)c2ccc(N3C(=O)CCC3=O)cc2)sc2ccc(Cl)c(C)c21. The largest absolute Gasteiger partial charge is 0.380 e. The molecular formula is C23H22ClN3O4S. The van der Waals surface area contributed by atoms with Crippen LogP contribution in [0.25, 0.3) is 10.2 Å². The summed E-state index contributed by atoms with van der Waals surface area (Å²) in [5, 5.41) is 0.653. The van der Waals surface area contributed by atoms with E-state index in [1.807, 2.05) is 30.5 Å². The monoisotopic (exact) mass is 471 g/mol. The summed E-state index contributed by atoms with van der Waals surface area (Å²) in [5.41, 5.74) is 2.70. The Balaban J connectivity index is 1.69. The summed E-state index contributed by atoms with van der Waals surface area (Å²) in [5.74, 6) is -0.863. The molecule has 32 heavy (non-hydrogen) atoms. The molecule has 2 heterocycles. The Labute approximate surface area is 193 Å². The van der Waals surface area contributed by atoms with Crippen LogP contribution in [-0.4, -0.2) is 35.5 Å². The second kappa shape index (κ2) is 9.36. The van der Waals surface area contributed by atoms with Gasteiger partial charge in [-0.3, -0.25) is 19.3 Å². The molecule has 0 N–H and O–H groups in total. The Hall–Kier alpha value is -2.81. The Kier molecular flexibility index (Phi) is 6.55. The number of aryl methyl sites for hydroxylation is 1. The number of fused-ring (bicyclic) bond motifs is 1. The number of hydrogen-bond acceptors (Lipinski definition) is 5. The van der Waals surface area contributed by atoms with Crippen LogP contribution >= 0.6 is 22.9 Å². The van der Waals surface area contributed by atoms with E-state index in [9.17, 15) is 14.4 Å². The molecule has 2 aromatic carbocycles. The number of rotatable bonds is 6. The highest BCUT2D eigenvalue weighted by Gasteiger charge is 2.30. The molecule has 1 fully saturated rings. The number of halogens is 1. The molecule has 1 saturated heterocycles. The lowest BCUT2D eigenvalue weighted by Gasteiger charge is -2.13. The zero-order valence-corrected chi connectivity index (χ0v) is 19.3. The summed E-state index contributed by atoms with van der Waals surface area (Å²) >= 11 is 7.75. The van der Waals surface area contributed by atoms with Gasteiger partial charge in [0.25, 0.3) is 5.91 Å². The first-order valence-electron chi connectivity index (χ1n) is 10.3. The predicted molar refractivity (Wildman–Crippen MR) is 124 cm³/mol. The number of imide groups is 1. The third-order valence-corrected chi connectivity index (χ3v) is 6.77. The minimum Gasteiger partial charge on any atom is -0.380 e. The Morgan fingerprint density at radius 1 is 1.12 bits per heavy atom. The van der Waals surface area contributed by atoms with Crippen LogP contribution in [0.1, 0.15) is 35.7 Å². The quantitative estimate of drug-likeness (QED) is 0.400. The fourth-order valence-electron chi connectivity index (χ4n) is 3.68. The van der Waals surface area contributed by atoms with Gasteiger partial charge in [0, 0.05) is 36.6 Å². The standard InChI is InChI=1S/C23H22ClN3O4S/c1-3-31-13-12-26-21-14(2)17(24)8-9-18(21)32-23(26)25-22(30)15-4-6-16(7-5-15)27-19(28)10-11-20(27)29/h4-9H,3,10-13H2,1-2H3. The third-order valence-electron chi connectivity index (χ3n) is 5.31. The highest BCUT2D eigenvalue weighted by molar-refractivity contribution is 7.16. The van der Waals surface area contributed by atoms with Crippen molar-refractivity contribution in [1.29, 1.82) is 0 Å². The lowest BCUT2D eigenvalue weighted by Crippen LogP contribution is -2.28. The van der Waals surface area contributed by atoms with Gasteiger partial charge in [-0.05, 0) is 55.8 Å². The number of amides is 3. The molecule has 0 atom stereocenters. The van der Waals surface area contributed by atoms with Crippen LogP contribution in [0.15, 0.2) is 41.4 Å². The van der Waals surface area contributed by atoms with Gasteiger partial charge >= 0.3 is 0 Å². The second-order valence-corrected chi connectivity index (χ2v) is 8.76. The molecule has 3 aromatic rings. The summed E-state index contributed by atoms with van der Waals surface area (Å²) in [6.07, 6.45) is 0.429. The molecule has 0 bridgehead atoms. The minimum absolute atomic E-state index is 0.214. The normalized spacial score (nSPS) is 14.7. The van der Waals surface area contributed by atoms with E-state index in [4.69, 9.17) is 16.3 Å². The van der Waals surface area contributed by atoms with Crippen LogP contribution in [-0.2, 0) is 20.9 Å². The topological polar surface area (TPSA) is 81.0 Å². The van der Waals surface area contributed by atoms with E-state index < -0.39 is 5.91 Å². The summed E-state index contributed by atoms with van der Waals surface area (Å²) in [6, 6.07) is 10.1. The van der Waals surface area contributed by atoms with Gasteiger partial charge in [-0.1, -0.05) is 22.9 Å². The van der Waals surface area contributed by atoms with Crippen LogP contribution in [0.2, 0.25) is 5.02 Å². The molecule has 0 radical (unpaired) electrons. The minimum atomic E-state index is -0.406. The average molecular weight is 472 g/mol. The smallest absolute Gasteiger partial charge is 0.279 e. The van der Waals surface area contributed by atoms with E-state index in [1.165, 1.54) is 11.3 Å². The van der Waals surface area contributed by atoms with Crippen molar-refractivity contribution in [2.75, 3.05) is 18.1 Å². The van der Waals surface area contributed by atoms with Crippen molar-refractivity contribution in [2.45, 2.75) is 33.2 Å². The van der Waals surface area contributed by atoms with Crippen molar-refractivity contribution < 1.29 is 19.1 Å². The Bertz CT molecular complexity index is 1260. The van der Waals surface area contributed by atoms with Gasteiger partial charge in [0.2, 0.25) is 11.8 Å². The van der Waals surface area contributed by atoms with Crippen molar-refractivity contribution in [3.63, 3.8) is 0 Å². The van der Waals surface area contributed by atoms with E-state index >= 15 is 0 Å². The number of aromatic nitrogens is 1. The number of carbonyl (C=O) groups excluding carboxylic acids is 3. The molecule has 7 nitrogen and oxygen atoms in total. The number of anilines is 1. The van der Waals surface area contributed by atoms with E-state index in [2.05, 4.69) is 4.99 Å². The summed E-state index contributed by atoms with van der Waals surface area (Å²) < 4.78 is 8.46. The van der Waals surface area contributed by atoms with Gasteiger partial charge in [-0.25, -0.2) is 0 Å². The maximum Gasteiger partial charge on any atom is 0.279 e. The molecule has 0 aliphatic carbocycles. The molecular weight excluding hydrogens is 450 g/mol. The van der Waals surface area contributed by atoms with E-state index in [0.29, 0.717) is 40.8 Å². The van der Waals surface area contributed by atoms with Gasteiger partial charge < -0.3 is 9.30 Å². The Morgan fingerprint density at radius 2 is 1.81 bits per heavy atom. The van der Waals surface area contributed by atoms with Crippen molar-refractivity contribution in [1.82, 2.24) is 4.57 Å². The van der Waals surface area contributed by atoms with E-state index in [1.54, 1.807) is 24.3 Å². The first-order chi connectivity index (χ1) is 15.4. The van der Waals surface area contributed by atoms with Crippen LogP contribution in [0, 0.1) is 6.92 Å². The number of hydrogen-bond donors (Lipinski definition) is 0. The number of ether oxygens (including phenoxy) is 1. The number of benzene rings is 2. The summed E-state index contributed by atoms with van der Waals surface area (Å²) in [6.45, 7) is 5.50. The average Bonchev–Trinajstić information content (AvgIpc) is 3.30. The number of carbonyl (C=O) groups is 3. The van der Waals surface area contributed by atoms with Gasteiger partial charge in [-0.15, -0.1) is 0 Å². The Morgan fingerprint density at radius 3 is 2.47 bits per heavy atom. The highest BCUT2D eigenvalue weighted by Crippen LogP contribution is 2.27. The van der Waals surface area contributed by atoms with E-state index in [0.717, 1.165) is 20.7 Å². The first-order valence-corrected chi connectivity index (χ1v) is 11.5. The van der Waals surface area contributed by atoms with Crippen LogP contribution < -0.4 is 9.70 Å². The predicted octanol–water partition coefficient (Wildman–Crippen LogP) is 4.10. The molecule has 0 unspecified atom stereocenters.